The molecule has 0 radical (unpaired) electrons. The minimum Gasteiger partial charge on any atom is -0.399 e. The van der Waals surface area contributed by atoms with Crippen LogP contribution in [-0.4, -0.2) is 98.6 Å². The zero-order valence-electron chi connectivity index (χ0n) is 27.6. The van der Waals surface area contributed by atoms with Crippen LogP contribution in [0.25, 0.3) is 0 Å². The van der Waals surface area contributed by atoms with E-state index in [2.05, 4.69) is 32.7 Å². The van der Waals surface area contributed by atoms with Crippen molar-refractivity contribution in [3.8, 4) is 11.8 Å². The predicted octanol–water partition coefficient (Wildman–Crippen LogP) is 2.47. The molecule has 1 unspecified atom stereocenters. The van der Waals surface area contributed by atoms with Crippen molar-refractivity contribution in [3.63, 3.8) is 0 Å². The number of piperidine rings is 1. The monoisotopic (exact) mass is 657 g/mol. The molecule has 5 amide bonds. The zero-order chi connectivity index (χ0) is 33.7. The molecule has 3 aliphatic heterocycles. The lowest BCUT2D eigenvalue weighted by Crippen LogP contribution is -2.52. The quantitative estimate of drug-likeness (QED) is 0.105. The summed E-state index contributed by atoms with van der Waals surface area (Å²) in [6, 6.07) is 12.8. The highest BCUT2D eigenvalue weighted by Crippen LogP contribution is 2.28. The summed E-state index contributed by atoms with van der Waals surface area (Å²) in [5.74, 6) is 5.50. The van der Waals surface area contributed by atoms with Gasteiger partial charge in [0.05, 0.1) is 0 Å². The number of nitrogens with zero attached hydrogens (tertiary/aromatic N) is 3. The molecule has 0 saturated carbocycles. The lowest BCUT2D eigenvalue weighted by atomic mass is 10.0. The topological polar surface area (TPSA) is 149 Å². The third-order valence-corrected chi connectivity index (χ3v) is 8.89. The summed E-state index contributed by atoms with van der Waals surface area (Å²) in [5.41, 5.74) is 9.97. The van der Waals surface area contributed by atoms with E-state index in [0.717, 1.165) is 81.0 Å². The Bertz CT molecular complexity index is 1490. The van der Waals surface area contributed by atoms with Gasteiger partial charge in [0.2, 0.25) is 11.8 Å². The fraction of sp³-hybridized carbons (Fsp3) is 0.500. The first-order chi connectivity index (χ1) is 23.4. The summed E-state index contributed by atoms with van der Waals surface area (Å²) < 4.78 is 5.76. The third-order valence-electron chi connectivity index (χ3n) is 8.89. The molecule has 48 heavy (non-hydrogen) atoms. The van der Waals surface area contributed by atoms with Crippen LogP contribution in [0.1, 0.15) is 66.4 Å². The Morgan fingerprint density at radius 1 is 0.938 bits per heavy atom. The molecule has 5 rings (SSSR count). The van der Waals surface area contributed by atoms with Crippen LogP contribution in [0.2, 0.25) is 0 Å². The predicted molar refractivity (Wildman–Crippen MR) is 184 cm³/mol. The molecule has 2 fully saturated rings. The van der Waals surface area contributed by atoms with Gasteiger partial charge in [-0.25, -0.2) is 4.79 Å². The minimum atomic E-state index is -0.610. The Hall–Kier alpha value is -4.60. The van der Waals surface area contributed by atoms with E-state index in [1.807, 2.05) is 41.3 Å². The number of hydrogen-bond acceptors (Lipinski definition) is 8. The van der Waals surface area contributed by atoms with Crippen molar-refractivity contribution < 1.29 is 23.9 Å². The number of carbonyl (C=O) groups is 4. The van der Waals surface area contributed by atoms with Gasteiger partial charge in [0.15, 0.2) is 0 Å². The molecule has 2 aromatic carbocycles. The van der Waals surface area contributed by atoms with E-state index in [1.165, 1.54) is 0 Å². The van der Waals surface area contributed by atoms with Crippen LogP contribution in [0.15, 0.2) is 42.5 Å². The second-order valence-corrected chi connectivity index (χ2v) is 12.4. The highest BCUT2D eigenvalue weighted by molar-refractivity contribution is 6.05. The zero-order valence-corrected chi connectivity index (χ0v) is 27.6. The largest absolute Gasteiger partial charge is 0.399 e. The number of nitrogens with two attached hydrogens (primary N) is 1. The number of carbonyl (C=O) groups excluding carboxylic acids is 4. The maximum atomic E-state index is 12.8. The maximum Gasteiger partial charge on any atom is 0.317 e. The number of ether oxygens (including phenoxy) is 1. The van der Waals surface area contributed by atoms with Gasteiger partial charge >= 0.3 is 6.03 Å². The average Bonchev–Trinajstić information content (AvgIpc) is 3.41. The number of piperazine rings is 1. The Morgan fingerprint density at radius 3 is 2.44 bits per heavy atom. The molecule has 256 valence electrons. The van der Waals surface area contributed by atoms with Gasteiger partial charge in [0.25, 0.3) is 5.91 Å². The molecule has 0 aliphatic carbocycles. The van der Waals surface area contributed by atoms with Gasteiger partial charge in [-0.15, -0.1) is 0 Å². The van der Waals surface area contributed by atoms with Crippen molar-refractivity contribution in [1.82, 2.24) is 25.8 Å². The molecule has 12 heteroatoms. The standard InChI is InChI=1S/C36H47N7O5/c37-29-9-11-30(12-10-29)41-19-21-42(22-20-41)36(47)39-18-4-6-24-48-23-5-3-17-38-16-2-1-7-27-8-13-31-28(25-27)26-43(35(31)46)32-14-15-33(44)40-34(32)45/h8-13,25,32,38H,2-6,14-24,26,37H2,(H,39,47)(H,40,44,45). The van der Waals surface area contributed by atoms with Gasteiger partial charge in [0.1, 0.15) is 6.04 Å². The summed E-state index contributed by atoms with van der Waals surface area (Å²) in [4.78, 5) is 54.7. The number of hydrogen-bond donors (Lipinski definition) is 4. The number of anilines is 2. The summed E-state index contributed by atoms with van der Waals surface area (Å²) in [6.07, 6.45) is 5.13. The lowest BCUT2D eigenvalue weighted by molar-refractivity contribution is -0.136. The van der Waals surface area contributed by atoms with Crippen LogP contribution in [-0.2, 0) is 20.9 Å². The second-order valence-electron chi connectivity index (χ2n) is 12.4. The van der Waals surface area contributed by atoms with Crippen molar-refractivity contribution in [2.24, 2.45) is 0 Å². The van der Waals surface area contributed by atoms with E-state index in [0.29, 0.717) is 51.2 Å². The SMILES string of the molecule is Nc1ccc(N2CCN(C(=O)NCCCCOCCCCNCCC#Cc3ccc4c(c3)CN(C3CCC(=O)NC3=O)C4=O)CC2)cc1. The van der Waals surface area contributed by atoms with Crippen LogP contribution in [0, 0.1) is 11.8 Å². The third kappa shape index (κ3) is 9.71. The van der Waals surface area contributed by atoms with Crippen LogP contribution >= 0.6 is 0 Å². The fourth-order valence-corrected chi connectivity index (χ4v) is 6.14. The highest BCUT2D eigenvalue weighted by Gasteiger charge is 2.39. The summed E-state index contributed by atoms with van der Waals surface area (Å²) in [7, 11) is 0. The van der Waals surface area contributed by atoms with Crippen molar-refractivity contribution in [2.45, 2.75) is 57.5 Å². The van der Waals surface area contributed by atoms with Gasteiger partial charge in [0, 0.05) is 94.4 Å². The van der Waals surface area contributed by atoms with Gasteiger partial charge < -0.3 is 35.8 Å². The van der Waals surface area contributed by atoms with E-state index < -0.39 is 11.9 Å². The van der Waals surface area contributed by atoms with Crippen LogP contribution in [0.3, 0.4) is 0 Å². The molecular weight excluding hydrogens is 610 g/mol. The lowest BCUT2D eigenvalue weighted by Gasteiger charge is -2.36. The van der Waals surface area contributed by atoms with Crippen molar-refractivity contribution in [1.29, 1.82) is 0 Å². The smallest absolute Gasteiger partial charge is 0.317 e. The molecule has 2 aromatic rings. The normalized spacial score (nSPS) is 17.5. The first-order valence-electron chi connectivity index (χ1n) is 17.1. The van der Waals surface area contributed by atoms with E-state index in [4.69, 9.17) is 10.5 Å². The number of benzene rings is 2. The number of unbranched alkanes of at least 4 members (excludes halogenated alkanes) is 2. The molecule has 12 nitrogen and oxygen atoms in total. The van der Waals surface area contributed by atoms with Gasteiger partial charge in [-0.05, 0) is 86.7 Å². The van der Waals surface area contributed by atoms with Crippen LogP contribution in [0.4, 0.5) is 16.2 Å². The number of imide groups is 1. The number of urea groups is 1. The van der Waals surface area contributed by atoms with Crippen LogP contribution < -0.4 is 26.6 Å². The maximum absolute atomic E-state index is 12.8. The number of nitrogen functional groups attached to an aromatic ring is 1. The molecule has 0 spiro atoms. The summed E-state index contributed by atoms with van der Waals surface area (Å²) in [5, 5.41) is 8.78. The molecule has 0 aromatic heterocycles. The molecule has 1 atom stereocenters. The molecule has 0 bridgehead atoms. The minimum absolute atomic E-state index is 0.00682. The summed E-state index contributed by atoms with van der Waals surface area (Å²) in [6.45, 7) is 7.17. The van der Waals surface area contributed by atoms with E-state index in [9.17, 15) is 19.2 Å². The van der Waals surface area contributed by atoms with Crippen LogP contribution in [0.5, 0.6) is 0 Å². The number of nitrogens with one attached hydrogen (secondary N) is 3. The van der Waals surface area contributed by atoms with Gasteiger partial charge in [-0.2, -0.15) is 0 Å². The van der Waals surface area contributed by atoms with Gasteiger partial charge in [-0.1, -0.05) is 11.8 Å². The van der Waals surface area contributed by atoms with Crippen molar-refractivity contribution in [2.75, 3.05) is 69.7 Å². The molecule has 3 aliphatic rings. The average molecular weight is 658 g/mol. The molecule has 3 heterocycles. The Labute approximate surface area is 282 Å². The number of amides is 5. The summed E-state index contributed by atoms with van der Waals surface area (Å²) >= 11 is 0. The van der Waals surface area contributed by atoms with E-state index in [-0.39, 0.29) is 24.3 Å². The van der Waals surface area contributed by atoms with E-state index >= 15 is 0 Å². The Morgan fingerprint density at radius 2 is 1.69 bits per heavy atom. The second kappa shape index (κ2) is 17.5. The first kappa shape index (κ1) is 34.7. The molecule has 5 N–H and O–H groups in total. The number of rotatable bonds is 14. The highest BCUT2D eigenvalue weighted by atomic mass is 16.5. The van der Waals surface area contributed by atoms with Crippen molar-refractivity contribution in [3.05, 3.63) is 59.2 Å². The first-order valence-corrected chi connectivity index (χ1v) is 17.1. The Kier molecular flexibility index (Phi) is 12.7. The van der Waals surface area contributed by atoms with Gasteiger partial charge in [-0.3, -0.25) is 19.7 Å². The van der Waals surface area contributed by atoms with E-state index in [1.54, 1.807) is 11.0 Å². The molecule has 2 saturated heterocycles. The molecular formula is C36H47N7O5. The fourth-order valence-electron chi connectivity index (χ4n) is 6.14. The number of fused-ring (bicyclic) bond motifs is 1. The Balaban J connectivity index is 0.839. The van der Waals surface area contributed by atoms with Crippen molar-refractivity contribution >= 4 is 35.1 Å².